The lowest BCUT2D eigenvalue weighted by Crippen LogP contribution is -2.08. The van der Waals surface area contributed by atoms with Gasteiger partial charge in [0.2, 0.25) is 0 Å². The summed E-state index contributed by atoms with van der Waals surface area (Å²) < 4.78 is 0. The zero-order valence-electron chi connectivity index (χ0n) is 11.5. The topological polar surface area (TPSA) is 24.4 Å². The fourth-order valence-electron chi connectivity index (χ4n) is 1.77. The van der Waals surface area contributed by atoms with Crippen molar-refractivity contribution >= 4 is 34.2 Å². The highest BCUT2D eigenvalue weighted by Gasteiger charge is 2.05. The van der Waals surface area contributed by atoms with Crippen LogP contribution >= 0.6 is 23.4 Å². The Morgan fingerprint density at radius 3 is 2.35 bits per heavy atom. The normalized spacial score (nSPS) is 13.1. The van der Waals surface area contributed by atoms with Crippen LogP contribution < -0.4 is 5.32 Å². The summed E-state index contributed by atoms with van der Waals surface area (Å²) in [6, 6.07) is 18.0. The van der Waals surface area contributed by atoms with E-state index in [9.17, 15) is 0 Å². The first-order chi connectivity index (χ1) is 9.69. The fraction of sp³-hybridized carbons (Fsp3) is 0.188. The van der Waals surface area contributed by atoms with E-state index in [0.29, 0.717) is 0 Å². The van der Waals surface area contributed by atoms with Crippen LogP contribution in [-0.2, 0) is 0 Å². The van der Waals surface area contributed by atoms with Gasteiger partial charge < -0.3 is 5.32 Å². The molecule has 2 aromatic carbocycles. The van der Waals surface area contributed by atoms with Gasteiger partial charge >= 0.3 is 0 Å². The van der Waals surface area contributed by atoms with Crippen molar-refractivity contribution in [1.29, 1.82) is 0 Å². The van der Waals surface area contributed by atoms with Crippen LogP contribution in [0.15, 0.2) is 59.6 Å². The number of rotatable bonds is 3. The van der Waals surface area contributed by atoms with Gasteiger partial charge in [-0.25, -0.2) is 0 Å². The van der Waals surface area contributed by atoms with E-state index in [4.69, 9.17) is 16.6 Å². The van der Waals surface area contributed by atoms with E-state index in [-0.39, 0.29) is 6.04 Å². The summed E-state index contributed by atoms with van der Waals surface area (Å²) in [5, 5.41) is 4.94. The zero-order valence-corrected chi connectivity index (χ0v) is 13.1. The molecule has 1 atom stereocenters. The molecule has 2 rings (SSSR count). The smallest absolute Gasteiger partial charge is 0.161 e. The number of benzene rings is 2. The zero-order chi connectivity index (χ0) is 14.4. The number of nitrogens with zero attached hydrogens (tertiary/aromatic N) is 1. The summed E-state index contributed by atoms with van der Waals surface area (Å²) in [5.74, 6) is 0. The van der Waals surface area contributed by atoms with Crippen LogP contribution in [0.2, 0.25) is 5.02 Å². The summed E-state index contributed by atoms with van der Waals surface area (Å²) in [6.07, 6.45) is 2.01. The second-order valence-corrected chi connectivity index (χ2v) is 5.59. The Balaban J connectivity index is 2.11. The molecule has 0 saturated heterocycles. The van der Waals surface area contributed by atoms with Crippen molar-refractivity contribution in [1.82, 2.24) is 0 Å². The van der Waals surface area contributed by atoms with Crippen LogP contribution in [-0.4, -0.2) is 11.4 Å². The lowest BCUT2D eigenvalue weighted by atomic mass is 10.1. The summed E-state index contributed by atoms with van der Waals surface area (Å²) in [6.45, 7) is 2.09. The van der Waals surface area contributed by atoms with Gasteiger partial charge in [-0.2, -0.15) is 0 Å². The maximum atomic E-state index is 5.88. The molecule has 2 nitrogen and oxygen atoms in total. The molecule has 0 spiro atoms. The van der Waals surface area contributed by atoms with Gasteiger partial charge in [-0.3, -0.25) is 4.99 Å². The molecule has 20 heavy (non-hydrogen) atoms. The Labute approximate surface area is 129 Å². The second kappa shape index (κ2) is 7.36. The van der Waals surface area contributed by atoms with Crippen LogP contribution in [0.25, 0.3) is 0 Å². The molecular weight excluding hydrogens is 288 g/mol. The van der Waals surface area contributed by atoms with Crippen molar-refractivity contribution < 1.29 is 0 Å². The monoisotopic (exact) mass is 304 g/mol. The minimum Gasteiger partial charge on any atom is -0.335 e. The molecular formula is C16H17ClN2S. The quantitative estimate of drug-likeness (QED) is 0.620. The first-order valence-electron chi connectivity index (χ1n) is 6.38. The molecule has 0 unspecified atom stereocenters. The molecule has 0 aliphatic heterocycles. The van der Waals surface area contributed by atoms with Crippen LogP contribution in [0.1, 0.15) is 18.5 Å². The molecule has 2 aromatic rings. The highest BCUT2D eigenvalue weighted by atomic mass is 35.5. The Bertz CT molecular complexity index is 567. The molecule has 104 valence electrons. The number of thioether (sulfide) groups is 1. The van der Waals surface area contributed by atoms with Crippen LogP contribution in [0.3, 0.4) is 0 Å². The Hall–Kier alpha value is -1.45. The number of hydrogen-bond acceptors (Lipinski definition) is 2. The van der Waals surface area contributed by atoms with Crippen LogP contribution in [0.5, 0.6) is 0 Å². The van der Waals surface area contributed by atoms with Crippen molar-refractivity contribution in [2.45, 2.75) is 13.0 Å². The van der Waals surface area contributed by atoms with Crippen molar-refractivity contribution in [2.75, 3.05) is 11.6 Å². The Morgan fingerprint density at radius 2 is 1.75 bits per heavy atom. The minimum atomic E-state index is 0.124. The number of anilines is 1. The fourth-order valence-corrected chi connectivity index (χ4v) is 2.38. The average Bonchev–Trinajstić information content (AvgIpc) is 2.49. The second-order valence-electron chi connectivity index (χ2n) is 4.36. The van der Waals surface area contributed by atoms with E-state index in [1.807, 2.05) is 48.7 Å². The van der Waals surface area contributed by atoms with E-state index in [0.717, 1.165) is 15.9 Å². The van der Waals surface area contributed by atoms with Crippen molar-refractivity contribution in [3.05, 3.63) is 65.2 Å². The molecule has 0 amide bonds. The summed E-state index contributed by atoms with van der Waals surface area (Å²) in [4.78, 5) is 4.72. The third kappa shape index (κ3) is 4.29. The minimum absolute atomic E-state index is 0.124. The summed E-state index contributed by atoms with van der Waals surface area (Å²) in [7, 11) is 0. The third-order valence-electron chi connectivity index (χ3n) is 2.88. The molecule has 1 N–H and O–H groups in total. The summed E-state index contributed by atoms with van der Waals surface area (Å²) >= 11 is 7.48. The third-order valence-corrected chi connectivity index (χ3v) is 3.73. The van der Waals surface area contributed by atoms with Crippen molar-refractivity contribution in [3.8, 4) is 0 Å². The molecule has 0 aliphatic carbocycles. The van der Waals surface area contributed by atoms with E-state index < -0.39 is 0 Å². The number of hydrogen-bond donors (Lipinski definition) is 1. The van der Waals surface area contributed by atoms with Gasteiger partial charge in [-0.15, -0.1) is 0 Å². The standard InChI is InChI=1S/C16H17ClN2S/c1-12(13-6-4-3-5-7-13)18-16(20-2)19-15-10-8-14(17)9-11-15/h3-12H,1-2H3,(H,18,19)/t12-/m1/s1. The predicted octanol–water partition coefficient (Wildman–Crippen LogP) is 5.23. The molecule has 0 heterocycles. The summed E-state index contributed by atoms with van der Waals surface area (Å²) in [5.41, 5.74) is 2.19. The van der Waals surface area contributed by atoms with E-state index in [2.05, 4.69) is 24.4 Å². The van der Waals surface area contributed by atoms with Gasteiger partial charge in [0.05, 0.1) is 6.04 Å². The molecule has 0 bridgehead atoms. The van der Waals surface area contributed by atoms with Crippen LogP contribution in [0.4, 0.5) is 5.69 Å². The maximum absolute atomic E-state index is 5.88. The van der Waals surface area contributed by atoms with Gasteiger partial charge in [0.15, 0.2) is 5.17 Å². The first-order valence-corrected chi connectivity index (χ1v) is 7.98. The predicted molar refractivity (Wildman–Crippen MR) is 90.9 cm³/mol. The molecule has 0 aromatic heterocycles. The molecule has 0 radical (unpaired) electrons. The van der Waals surface area contributed by atoms with Gasteiger partial charge in [-0.1, -0.05) is 53.7 Å². The number of aliphatic imine (C=N–C) groups is 1. The van der Waals surface area contributed by atoms with E-state index in [1.54, 1.807) is 11.8 Å². The molecule has 4 heteroatoms. The van der Waals surface area contributed by atoms with Gasteiger partial charge in [0.1, 0.15) is 0 Å². The average molecular weight is 305 g/mol. The van der Waals surface area contributed by atoms with Gasteiger partial charge in [-0.05, 0) is 43.0 Å². The highest BCUT2D eigenvalue weighted by Crippen LogP contribution is 2.20. The lowest BCUT2D eigenvalue weighted by molar-refractivity contribution is 0.823. The van der Waals surface area contributed by atoms with Crippen molar-refractivity contribution in [3.63, 3.8) is 0 Å². The molecule has 0 saturated carbocycles. The van der Waals surface area contributed by atoms with E-state index >= 15 is 0 Å². The number of nitrogens with one attached hydrogen (secondary N) is 1. The highest BCUT2D eigenvalue weighted by molar-refractivity contribution is 8.13. The number of amidine groups is 1. The van der Waals surface area contributed by atoms with Crippen LogP contribution in [0, 0.1) is 0 Å². The van der Waals surface area contributed by atoms with Crippen molar-refractivity contribution in [2.24, 2.45) is 4.99 Å². The largest absolute Gasteiger partial charge is 0.335 e. The lowest BCUT2D eigenvalue weighted by Gasteiger charge is -2.12. The maximum Gasteiger partial charge on any atom is 0.161 e. The first kappa shape index (κ1) is 14.9. The molecule has 0 fully saturated rings. The Kier molecular flexibility index (Phi) is 5.50. The van der Waals surface area contributed by atoms with Gasteiger partial charge in [0.25, 0.3) is 0 Å². The Morgan fingerprint density at radius 1 is 1.10 bits per heavy atom. The number of halogens is 1. The van der Waals surface area contributed by atoms with E-state index in [1.165, 1.54) is 5.56 Å². The van der Waals surface area contributed by atoms with Gasteiger partial charge in [0, 0.05) is 10.7 Å². The SMILES string of the molecule is CSC(=N[C@H](C)c1ccccc1)Nc1ccc(Cl)cc1. The molecule has 0 aliphatic rings.